The second kappa shape index (κ2) is 13.7. The zero-order chi connectivity index (χ0) is 28.6. The van der Waals surface area contributed by atoms with Crippen molar-refractivity contribution in [2.45, 2.75) is 65.3 Å². The maximum Gasteiger partial charge on any atom is 0.222 e. The van der Waals surface area contributed by atoms with Crippen molar-refractivity contribution in [2.24, 2.45) is 18.0 Å². The van der Waals surface area contributed by atoms with Gasteiger partial charge >= 0.3 is 0 Å². The number of ether oxygens (including phenoxy) is 1. The van der Waals surface area contributed by atoms with Crippen LogP contribution in [-0.4, -0.2) is 71.1 Å². The van der Waals surface area contributed by atoms with Crippen molar-refractivity contribution in [3.63, 3.8) is 0 Å². The van der Waals surface area contributed by atoms with E-state index in [0.29, 0.717) is 25.1 Å². The van der Waals surface area contributed by atoms with Gasteiger partial charge in [0, 0.05) is 61.7 Å². The van der Waals surface area contributed by atoms with Gasteiger partial charge in [-0.2, -0.15) is 5.10 Å². The molecule has 2 unspecified atom stereocenters. The van der Waals surface area contributed by atoms with Gasteiger partial charge in [-0.25, -0.2) is 0 Å². The highest BCUT2D eigenvalue weighted by Crippen LogP contribution is 2.37. The van der Waals surface area contributed by atoms with Gasteiger partial charge in [-0.15, -0.1) is 0 Å². The molecule has 9 nitrogen and oxygen atoms in total. The van der Waals surface area contributed by atoms with E-state index in [-0.39, 0.29) is 11.8 Å². The second-order valence-electron chi connectivity index (χ2n) is 11.1. The number of aliphatic imine (C=N–C) groups is 1. The van der Waals surface area contributed by atoms with E-state index >= 15 is 0 Å². The minimum atomic E-state index is 0.0834. The Morgan fingerprint density at radius 3 is 2.80 bits per heavy atom. The van der Waals surface area contributed by atoms with Crippen LogP contribution >= 0.6 is 0 Å². The lowest BCUT2D eigenvalue weighted by Gasteiger charge is -2.36. The molecule has 4 rings (SSSR count). The van der Waals surface area contributed by atoms with Gasteiger partial charge in [0.2, 0.25) is 5.91 Å². The monoisotopic (exact) mass is 547 g/mol. The van der Waals surface area contributed by atoms with E-state index in [1.54, 1.807) is 10.9 Å². The predicted molar refractivity (Wildman–Crippen MR) is 162 cm³/mol. The number of aromatic nitrogens is 3. The van der Waals surface area contributed by atoms with Gasteiger partial charge in [0.05, 0.1) is 17.6 Å². The molecule has 2 aromatic heterocycles. The van der Waals surface area contributed by atoms with Gasteiger partial charge < -0.3 is 20.3 Å². The number of carbonyl (C=O) groups is 1. The first-order chi connectivity index (χ1) is 19.3. The fourth-order valence-corrected chi connectivity index (χ4v) is 5.48. The van der Waals surface area contributed by atoms with Crippen LogP contribution in [0.2, 0.25) is 0 Å². The Morgan fingerprint density at radius 1 is 1.35 bits per heavy atom. The van der Waals surface area contributed by atoms with E-state index in [1.165, 1.54) is 0 Å². The van der Waals surface area contributed by atoms with Crippen LogP contribution in [0.3, 0.4) is 0 Å². The molecule has 2 aliphatic heterocycles. The number of rotatable bonds is 10. The zero-order valence-corrected chi connectivity index (χ0v) is 24.7. The Bertz CT molecular complexity index is 1240. The van der Waals surface area contributed by atoms with Crippen LogP contribution in [-0.2, 0) is 11.8 Å². The standard InChI is InChI=1S/C31H45N7O2/c1-7-21(2)31(39)33-13-8-22(3)38-14-10-24(11-15-38)28-16-29-30(23(4)36-28)40-20-26(17-34-29)27(9-12-32-5)25-18-35-37(6)19-25/h9,12,16,18-19,21-22,24,34H,5,7-8,10-11,13-15,17,20H2,1-4,6H3,(H,33,39)/b12-9-,27-26-. The first-order valence-corrected chi connectivity index (χ1v) is 14.5. The van der Waals surface area contributed by atoms with Crippen LogP contribution in [0.25, 0.3) is 5.57 Å². The molecule has 9 heteroatoms. The highest BCUT2D eigenvalue weighted by atomic mass is 16.5. The topological polar surface area (TPSA) is 96.7 Å². The number of hydrogen-bond acceptors (Lipinski definition) is 7. The van der Waals surface area contributed by atoms with Crippen LogP contribution < -0.4 is 15.4 Å². The van der Waals surface area contributed by atoms with Crippen LogP contribution in [0.5, 0.6) is 5.75 Å². The molecule has 1 saturated heterocycles. The number of fused-ring (bicyclic) bond motifs is 1. The number of likely N-dealkylation sites (tertiary alicyclic amines) is 1. The summed E-state index contributed by atoms with van der Waals surface area (Å²) >= 11 is 0. The number of amides is 1. The normalized spacial score (nSPS) is 19.2. The summed E-state index contributed by atoms with van der Waals surface area (Å²) in [5, 5.41) is 11.1. The van der Waals surface area contributed by atoms with Gasteiger partial charge in [0.1, 0.15) is 6.61 Å². The molecular weight excluding hydrogens is 502 g/mol. The Labute approximate surface area is 238 Å². The highest BCUT2D eigenvalue weighted by molar-refractivity contribution is 5.78. The van der Waals surface area contributed by atoms with Gasteiger partial charge in [-0.05, 0) is 82.6 Å². The number of nitrogens with zero attached hydrogens (tertiary/aromatic N) is 5. The average Bonchev–Trinajstić information content (AvgIpc) is 3.27. The third kappa shape index (κ3) is 7.18. The van der Waals surface area contributed by atoms with E-state index in [1.807, 2.05) is 39.4 Å². The molecule has 2 atom stereocenters. The van der Waals surface area contributed by atoms with Gasteiger partial charge in [0.15, 0.2) is 5.75 Å². The van der Waals surface area contributed by atoms with E-state index in [4.69, 9.17) is 9.72 Å². The smallest absolute Gasteiger partial charge is 0.222 e. The lowest BCUT2D eigenvalue weighted by Crippen LogP contribution is -2.41. The van der Waals surface area contributed by atoms with E-state index in [0.717, 1.165) is 84.9 Å². The number of anilines is 1. The molecule has 1 amide bonds. The van der Waals surface area contributed by atoms with Crippen LogP contribution in [0.4, 0.5) is 5.69 Å². The van der Waals surface area contributed by atoms with Gasteiger partial charge in [0.25, 0.3) is 0 Å². The molecule has 0 aliphatic carbocycles. The largest absolute Gasteiger partial charge is 0.485 e. The molecule has 2 aromatic rings. The molecule has 216 valence electrons. The summed E-state index contributed by atoms with van der Waals surface area (Å²) in [7, 11) is 1.91. The predicted octanol–water partition coefficient (Wildman–Crippen LogP) is 4.72. The van der Waals surface area contributed by atoms with E-state index < -0.39 is 0 Å². The SMILES string of the molecule is C=N/C=C\C(=C1/CNc2cc(C3CCN(C(C)CCNC(=O)C(C)CC)CC3)nc(C)c2OC1)c1cnn(C)c1. The number of aryl methyl sites for hydroxylation is 2. The zero-order valence-electron chi connectivity index (χ0n) is 24.7. The van der Waals surface area contributed by atoms with Crippen LogP contribution in [0.1, 0.15) is 69.3 Å². The van der Waals surface area contributed by atoms with E-state index in [9.17, 15) is 4.79 Å². The summed E-state index contributed by atoms with van der Waals surface area (Å²) < 4.78 is 8.11. The van der Waals surface area contributed by atoms with Crippen molar-refractivity contribution in [2.75, 3.05) is 38.1 Å². The van der Waals surface area contributed by atoms with Crippen molar-refractivity contribution >= 4 is 23.9 Å². The fraction of sp³-hybridized carbons (Fsp3) is 0.548. The summed E-state index contributed by atoms with van der Waals surface area (Å²) in [5.74, 6) is 1.49. The quantitative estimate of drug-likeness (QED) is 0.418. The first-order valence-electron chi connectivity index (χ1n) is 14.5. The Kier molecular flexibility index (Phi) is 10.1. The maximum atomic E-state index is 12.1. The molecule has 0 aromatic carbocycles. The van der Waals surface area contributed by atoms with Crippen molar-refractivity contribution in [1.82, 2.24) is 25.0 Å². The van der Waals surface area contributed by atoms with Crippen molar-refractivity contribution < 1.29 is 9.53 Å². The fourth-order valence-electron chi connectivity index (χ4n) is 5.48. The Balaban J connectivity index is 1.39. The molecular formula is C31H45N7O2. The summed E-state index contributed by atoms with van der Waals surface area (Å²) in [6.45, 7) is 15.9. The molecule has 40 heavy (non-hydrogen) atoms. The van der Waals surface area contributed by atoms with Crippen LogP contribution in [0.15, 0.2) is 41.3 Å². The Hall–Kier alpha value is -3.46. The maximum absolute atomic E-state index is 12.1. The number of hydrogen-bond donors (Lipinski definition) is 2. The molecule has 0 saturated carbocycles. The minimum absolute atomic E-state index is 0.0834. The third-order valence-corrected chi connectivity index (χ3v) is 8.28. The van der Waals surface area contributed by atoms with Gasteiger partial charge in [-0.3, -0.25) is 19.5 Å². The minimum Gasteiger partial charge on any atom is -0.485 e. The Morgan fingerprint density at radius 2 is 2.12 bits per heavy atom. The number of carbonyl (C=O) groups excluding carboxylic acids is 1. The number of nitrogens with one attached hydrogen (secondary N) is 2. The molecule has 2 N–H and O–H groups in total. The van der Waals surface area contributed by atoms with Crippen molar-refractivity contribution in [3.8, 4) is 5.75 Å². The second-order valence-corrected chi connectivity index (χ2v) is 11.1. The summed E-state index contributed by atoms with van der Waals surface area (Å²) in [5.41, 5.74) is 6.22. The number of pyridine rings is 1. The summed E-state index contributed by atoms with van der Waals surface area (Å²) in [6, 6.07) is 2.63. The van der Waals surface area contributed by atoms with E-state index in [2.05, 4.69) is 52.3 Å². The average molecular weight is 548 g/mol. The summed E-state index contributed by atoms with van der Waals surface area (Å²) in [4.78, 5) is 23.5. The van der Waals surface area contributed by atoms with Gasteiger partial charge in [-0.1, -0.05) is 13.8 Å². The van der Waals surface area contributed by atoms with Crippen LogP contribution in [0, 0.1) is 12.8 Å². The molecule has 4 heterocycles. The summed E-state index contributed by atoms with van der Waals surface area (Å²) in [6.07, 6.45) is 11.5. The third-order valence-electron chi connectivity index (χ3n) is 8.28. The first kappa shape index (κ1) is 29.5. The molecule has 1 fully saturated rings. The van der Waals surface area contributed by atoms with Crippen molar-refractivity contribution in [1.29, 1.82) is 0 Å². The van der Waals surface area contributed by atoms with Crippen molar-refractivity contribution in [3.05, 3.63) is 53.3 Å². The molecule has 2 aliphatic rings. The number of allylic oxidation sites excluding steroid dienone is 2. The lowest BCUT2D eigenvalue weighted by atomic mass is 9.91. The molecule has 0 bridgehead atoms. The lowest BCUT2D eigenvalue weighted by molar-refractivity contribution is -0.124. The molecule has 0 spiro atoms. The number of piperidine rings is 1. The molecule has 0 radical (unpaired) electrons. The highest BCUT2D eigenvalue weighted by Gasteiger charge is 2.27.